The number of carbonyl (C=O) groups is 1. The van der Waals surface area contributed by atoms with E-state index in [4.69, 9.17) is 10.6 Å². The molecule has 18 heavy (non-hydrogen) atoms. The van der Waals surface area contributed by atoms with Crippen LogP contribution in [0.4, 0.5) is 5.82 Å². The van der Waals surface area contributed by atoms with E-state index in [9.17, 15) is 4.79 Å². The van der Waals surface area contributed by atoms with E-state index in [2.05, 4.69) is 20.7 Å². The highest BCUT2D eigenvalue weighted by Crippen LogP contribution is 2.20. The molecule has 2 rings (SSSR count). The monoisotopic (exact) mass is 251 g/mol. The van der Waals surface area contributed by atoms with E-state index in [-0.39, 0.29) is 17.1 Å². The Hall–Kier alpha value is -1.73. The van der Waals surface area contributed by atoms with E-state index in [1.807, 2.05) is 6.92 Å². The first-order valence-electron chi connectivity index (χ1n) is 5.82. The number of hydrazine groups is 1. The number of ether oxygens (including phenoxy) is 1. The molecule has 4 N–H and O–H groups in total. The molecule has 0 bridgehead atoms. The second-order valence-corrected chi connectivity index (χ2v) is 4.56. The molecule has 1 aliphatic heterocycles. The topological polar surface area (TPSA) is 102 Å². The first-order chi connectivity index (χ1) is 8.63. The summed E-state index contributed by atoms with van der Waals surface area (Å²) in [6.07, 6.45) is 4.41. The molecule has 7 heteroatoms. The summed E-state index contributed by atoms with van der Waals surface area (Å²) < 4.78 is 5.28. The summed E-state index contributed by atoms with van der Waals surface area (Å²) >= 11 is 0. The lowest BCUT2D eigenvalue weighted by Crippen LogP contribution is -2.49. The second-order valence-electron chi connectivity index (χ2n) is 4.56. The number of hydrogen-bond donors (Lipinski definition) is 3. The largest absolute Gasteiger partial charge is 0.381 e. The predicted octanol–water partition coefficient (Wildman–Crippen LogP) is 0.0611. The lowest BCUT2D eigenvalue weighted by atomic mass is 9.92. The molecule has 7 nitrogen and oxygen atoms in total. The normalized spacial score (nSPS) is 18.1. The maximum absolute atomic E-state index is 12.0. The van der Waals surface area contributed by atoms with Gasteiger partial charge in [-0.15, -0.1) is 0 Å². The average molecular weight is 251 g/mol. The Balaban J connectivity index is 2.02. The first-order valence-corrected chi connectivity index (χ1v) is 5.82. The molecule has 0 unspecified atom stereocenters. The Labute approximate surface area is 105 Å². The van der Waals surface area contributed by atoms with Crippen molar-refractivity contribution in [1.29, 1.82) is 0 Å². The molecule has 1 aliphatic rings. The third-order valence-electron chi connectivity index (χ3n) is 3.04. The molecule has 0 radical (unpaired) electrons. The summed E-state index contributed by atoms with van der Waals surface area (Å²) in [6, 6.07) is 0. The molecule has 1 aromatic heterocycles. The number of amides is 1. The summed E-state index contributed by atoms with van der Waals surface area (Å²) in [6.45, 7) is 3.34. The molecule has 1 aromatic rings. The van der Waals surface area contributed by atoms with Crippen LogP contribution >= 0.6 is 0 Å². The lowest BCUT2D eigenvalue weighted by molar-refractivity contribution is 0.0421. The van der Waals surface area contributed by atoms with Gasteiger partial charge in [-0.3, -0.25) is 4.79 Å². The number of anilines is 1. The van der Waals surface area contributed by atoms with Crippen LogP contribution in [-0.4, -0.2) is 34.6 Å². The van der Waals surface area contributed by atoms with Gasteiger partial charge < -0.3 is 15.5 Å². The number of carbonyl (C=O) groups excluding carboxylic acids is 1. The number of nitrogens with zero attached hydrogens (tertiary/aromatic N) is 2. The molecular formula is C11H17N5O2. The Morgan fingerprint density at radius 2 is 2.11 bits per heavy atom. The zero-order chi connectivity index (χ0) is 13.0. The van der Waals surface area contributed by atoms with Crippen molar-refractivity contribution in [2.75, 3.05) is 18.6 Å². The highest BCUT2D eigenvalue weighted by Gasteiger charge is 2.29. The van der Waals surface area contributed by atoms with E-state index in [0.717, 1.165) is 12.8 Å². The first kappa shape index (κ1) is 12.7. The summed E-state index contributed by atoms with van der Waals surface area (Å²) in [7, 11) is 0. The van der Waals surface area contributed by atoms with E-state index in [1.54, 1.807) is 0 Å². The van der Waals surface area contributed by atoms with Crippen LogP contribution in [0.2, 0.25) is 0 Å². The van der Waals surface area contributed by atoms with Gasteiger partial charge in [-0.25, -0.2) is 15.8 Å². The number of hydrogen-bond acceptors (Lipinski definition) is 6. The number of nitrogens with two attached hydrogens (primary N) is 1. The van der Waals surface area contributed by atoms with Gasteiger partial charge in [0.2, 0.25) is 0 Å². The highest BCUT2D eigenvalue weighted by atomic mass is 16.5. The molecular weight excluding hydrogens is 234 g/mol. The standard InChI is InChI=1S/C11H17N5O2/c1-11(2-4-18-5-3-11)15-10(17)8-6-14-9(16-12)7-13-8/h6-7H,2-5,12H2,1H3,(H,14,16)(H,15,17). The minimum Gasteiger partial charge on any atom is -0.381 e. The summed E-state index contributed by atoms with van der Waals surface area (Å²) in [4.78, 5) is 20.0. The van der Waals surface area contributed by atoms with Gasteiger partial charge in [0.15, 0.2) is 5.82 Å². The third kappa shape index (κ3) is 2.93. The van der Waals surface area contributed by atoms with Crippen molar-refractivity contribution in [3.05, 3.63) is 18.1 Å². The fourth-order valence-electron chi connectivity index (χ4n) is 1.80. The van der Waals surface area contributed by atoms with Crippen molar-refractivity contribution in [3.8, 4) is 0 Å². The molecule has 0 spiro atoms. The third-order valence-corrected chi connectivity index (χ3v) is 3.04. The predicted molar refractivity (Wildman–Crippen MR) is 65.8 cm³/mol. The van der Waals surface area contributed by atoms with E-state index in [1.165, 1.54) is 12.4 Å². The van der Waals surface area contributed by atoms with Crippen molar-refractivity contribution >= 4 is 11.7 Å². The Bertz CT molecular complexity index is 414. The summed E-state index contributed by atoms with van der Waals surface area (Å²) in [5, 5.41) is 2.98. The number of aromatic nitrogens is 2. The SMILES string of the molecule is CC1(NC(=O)c2cnc(NN)cn2)CCOCC1. The van der Waals surface area contributed by atoms with Crippen LogP contribution < -0.4 is 16.6 Å². The smallest absolute Gasteiger partial charge is 0.271 e. The molecule has 98 valence electrons. The molecule has 0 saturated carbocycles. The minimum absolute atomic E-state index is 0.226. The molecule has 1 fully saturated rings. The lowest BCUT2D eigenvalue weighted by Gasteiger charge is -2.34. The molecule has 0 aromatic carbocycles. The van der Waals surface area contributed by atoms with Crippen LogP contribution in [0.5, 0.6) is 0 Å². The van der Waals surface area contributed by atoms with Gasteiger partial charge in [0.25, 0.3) is 5.91 Å². The van der Waals surface area contributed by atoms with E-state index in [0.29, 0.717) is 19.0 Å². The number of nitrogen functional groups attached to an aromatic ring is 1. The summed E-state index contributed by atoms with van der Waals surface area (Å²) in [5.41, 5.74) is 2.41. The van der Waals surface area contributed by atoms with Crippen LogP contribution in [-0.2, 0) is 4.74 Å². The Morgan fingerprint density at radius 3 is 2.67 bits per heavy atom. The van der Waals surface area contributed by atoms with Gasteiger partial charge in [0.05, 0.1) is 12.4 Å². The fraction of sp³-hybridized carbons (Fsp3) is 0.545. The molecule has 2 heterocycles. The van der Waals surface area contributed by atoms with E-state index < -0.39 is 0 Å². The summed E-state index contributed by atoms with van der Waals surface area (Å²) in [5.74, 6) is 5.37. The van der Waals surface area contributed by atoms with Gasteiger partial charge in [-0.1, -0.05) is 0 Å². The van der Waals surface area contributed by atoms with Gasteiger partial charge in [-0.2, -0.15) is 0 Å². The Kier molecular flexibility index (Phi) is 3.73. The van der Waals surface area contributed by atoms with Crippen LogP contribution in [0.3, 0.4) is 0 Å². The van der Waals surface area contributed by atoms with Crippen molar-refractivity contribution < 1.29 is 9.53 Å². The number of nitrogens with one attached hydrogen (secondary N) is 2. The van der Waals surface area contributed by atoms with Crippen LogP contribution in [0.15, 0.2) is 12.4 Å². The maximum Gasteiger partial charge on any atom is 0.271 e. The average Bonchev–Trinajstić information content (AvgIpc) is 2.39. The molecule has 0 aliphatic carbocycles. The van der Waals surface area contributed by atoms with Crippen LogP contribution in [0.25, 0.3) is 0 Å². The highest BCUT2D eigenvalue weighted by molar-refractivity contribution is 5.92. The van der Waals surface area contributed by atoms with Crippen molar-refractivity contribution in [2.24, 2.45) is 5.84 Å². The molecule has 1 amide bonds. The maximum atomic E-state index is 12.0. The van der Waals surface area contributed by atoms with Gasteiger partial charge >= 0.3 is 0 Å². The van der Waals surface area contributed by atoms with Gasteiger partial charge in [-0.05, 0) is 19.8 Å². The van der Waals surface area contributed by atoms with E-state index >= 15 is 0 Å². The zero-order valence-electron chi connectivity index (χ0n) is 10.3. The van der Waals surface area contributed by atoms with Crippen molar-refractivity contribution in [1.82, 2.24) is 15.3 Å². The van der Waals surface area contributed by atoms with Gasteiger partial charge in [0.1, 0.15) is 5.69 Å². The molecule has 1 saturated heterocycles. The molecule has 0 atom stereocenters. The van der Waals surface area contributed by atoms with Crippen molar-refractivity contribution in [2.45, 2.75) is 25.3 Å². The quantitative estimate of drug-likeness (QED) is 0.518. The van der Waals surface area contributed by atoms with Gasteiger partial charge in [0, 0.05) is 18.8 Å². The fourth-order valence-corrected chi connectivity index (χ4v) is 1.80. The van der Waals surface area contributed by atoms with Crippen LogP contribution in [0, 0.1) is 0 Å². The zero-order valence-corrected chi connectivity index (χ0v) is 10.3. The number of rotatable bonds is 3. The second kappa shape index (κ2) is 5.28. The van der Waals surface area contributed by atoms with Crippen LogP contribution in [0.1, 0.15) is 30.3 Å². The Morgan fingerprint density at radius 1 is 1.39 bits per heavy atom. The minimum atomic E-state index is -0.234. The van der Waals surface area contributed by atoms with Crippen molar-refractivity contribution in [3.63, 3.8) is 0 Å².